The lowest BCUT2D eigenvalue weighted by atomic mass is 10.1. The first-order valence-electron chi connectivity index (χ1n) is 8.29. The van der Waals surface area contributed by atoms with Crippen molar-refractivity contribution in [3.63, 3.8) is 0 Å². The summed E-state index contributed by atoms with van der Waals surface area (Å²) >= 11 is 0. The summed E-state index contributed by atoms with van der Waals surface area (Å²) in [4.78, 5) is 14.5. The minimum Gasteiger partial charge on any atom is -0.395 e. The molecule has 136 valence electrons. The van der Waals surface area contributed by atoms with Gasteiger partial charge in [0.25, 0.3) is 5.91 Å². The van der Waals surface area contributed by atoms with Crippen LogP contribution in [0.15, 0.2) is 23.1 Å². The number of aliphatic hydroxyl groups is 1. The van der Waals surface area contributed by atoms with Gasteiger partial charge in [-0.1, -0.05) is 19.9 Å². The highest BCUT2D eigenvalue weighted by atomic mass is 32.2. The second kappa shape index (κ2) is 9.15. The van der Waals surface area contributed by atoms with Gasteiger partial charge >= 0.3 is 0 Å². The molecule has 2 N–H and O–H groups in total. The Labute approximate surface area is 144 Å². The summed E-state index contributed by atoms with van der Waals surface area (Å²) in [6.45, 7) is 8.25. The zero-order valence-electron chi connectivity index (χ0n) is 14.9. The molecule has 1 aromatic rings. The molecule has 0 radical (unpaired) electrons. The summed E-state index contributed by atoms with van der Waals surface area (Å²) in [5.41, 5.74) is 0.918. The van der Waals surface area contributed by atoms with E-state index < -0.39 is 16.1 Å². The Morgan fingerprint density at radius 2 is 1.83 bits per heavy atom. The first-order chi connectivity index (χ1) is 11.3. The van der Waals surface area contributed by atoms with Crippen LogP contribution in [0, 0.1) is 6.92 Å². The lowest BCUT2D eigenvalue weighted by molar-refractivity contribution is 0.0755. The average molecular weight is 356 g/mol. The number of sulfonamides is 1. The van der Waals surface area contributed by atoms with Crippen molar-refractivity contribution >= 4 is 15.9 Å². The van der Waals surface area contributed by atoms with Crippen molar-refractivity contribution in [3.8, 4) is 0 Å². The minimum atomic E-state index is -3.79. The molecule has 7 heteroatoms. The highest BCUT2D eigenvalue weighted by molar-refractivity contribution is 7.89. The van der Waals surface area contributed by atoms with Gasteiger partial charge in [0, 0.05) is 24.7 Å². The maximum absolute atomic E-state index is 12.7. The molecule has 1 rings (SSSR count). The van der Waals surface area contributed by atoms with Crippen molar-refractivity contribution < 1.29 is 18.3 Å². The third-order valence-corrected chi connectivity index (χ3v) is 5.36. The lowest BCUT2D eigenvalue weighted by Gasteiger charge is -2.22. The van der Waals surface area contributed by atoms with E-state index in [0.717, 1.165) is 12.8 Å². The van der Waals surface area contributed by atoms with Crippen LogP contribution in [0.5, 0.6) is 0 Å². The van der Waals surface area contributed by atoms with Crippen LogP contribution in [0.3, 0.4) is 0 Å². The quantitative estimate of drug-likeness (QED) is 0.708. The van der Waals surface area contributed by atoms with Crippen LogP contribution in [-0.2, 0) is 10.0 Å². The number of rotatable bonds is 9. The van der Waals surface area contributed by atoms with Crippen molar-refractivity contribution in [2.75, 3.05) is 19.7 Å². The van der Waals surface area contributed by atoms with E-state index >= 15 is 0 Å². The second-order valence-corrected chi connectivity index (χ2v) is 7.66. The number of carbonyl (C=O) groups excluding carboxylic acids is 1. The smallest absolute Gasteiger partial charge is 0.253 e. The van der Waals surface area contributed by atoms with Crippen LogP contribution in [0.4, 0.5) is 0 Å². The van der Waals surface area contributed by atoms with Crippen LogP contribution >= 0.6 is 0 Å². The van der Waals surface area contributed by atoms with Gasteiger partial charge in [-0.25, -0.2) is 13.1 Å². The van der Waals surface area contributed by atoms with Crippen LogP contribution in [0.25, 0.3) is 0 Å². The van der Waals surface area contributed by atoms with Crippen molar-refractivity contribution in [1.82, 2.24) is 9.62 Å². The summed E-state index contributed by atoms with van der Waals surface area (Å²) in [7, 11) is -3.79. The first kappa shape index (κ1) is 20.6. The van der Waals surface area contributed by atoms with Crippen molar-refractivity contribution in [2.24, 2.45) is 0 Å². The molecular formula is C17H28N2O4S. The fraction of sp³-hybridized carbons (Fsp3) is 0.588. The number of benzene rings is 1. The molecule has 0 aliphatic carbocycles. The predicted molar refractivity (Wildman–Crippen MR) is 94.5 cm³/mol. The standard InChI is InChI=1S/C17H28N2O4S/c1-5-9-19(10-6-2)17(21)15-8-7-13(3)16(11-15)24(22,23)18-14(4)12-20/h7-8,11,14,18,20H,5-6,9-10,12H2,1-4H3. The number of hydrogen-bond acceptors (Lipinski definition) is 4. The Kier molecular flexibility index (Phi) is 7.86. The van der Waals surface area contributed by atoms with E-state index in [-0.39, 0.29) is 17.4 Å². The fourth-order valence-electron chi connectivity index (χ4n) is 2.43. The molecule has 1 atom stereocenters. The third-order valence-electron chi connectivity index (χ3n) is 3.63. The van der Waals surface area contributed by atoms with Crippen LogP contribution in [0.2, 0.25) is 0 Å². The Balaban J connectivity index is 3.19. The van der Waals surface area contributed by atoms with E-state index in [2.05, 4.69) is 4.72 Å². The largest absolute Gasteiger partial charge is 0.395 e. The molecule has 0 bridgehead atoms. The molecule has 0 fully saturated rings. The van der Waals surface area contributed by atoms with Gasteiger partial charge < -0.3 is 10.0 Å². The molecule has 0 saturated heterocycles. The molecule has 1 amide bonds. The van der Waals surface area contributed by atoms with E-state index in [9.17, 15) is 13.2 Å². The van der Waals surface area contributed by atoms with Crippen molar-refractivity contribution in [1.29, 1.82) is 0 Å². The molecule has 1 unspecified atom stereocenters. The lowest BCUT2D eigenvalue weighted by Crippen LogP contribution is -2.36. The molecule has 0 saturated carbocycles. The average Bonchev–Trinajstić information content (AvgIpc) is 2.53. The molecule has 0 aliphatic rings. The SMILES string of the molecule is CCCN(CCC)C(=O)c1ccc(C)c(S(=O)(=O)NC(C)CO)c1. The molecule has 6 nitrogen and oxygen atoms in total. The number of nitrogens with zero attached hydrogens (tertiary/aromatic N) is 1. The zero-order valence-corrected chi connectivity index (χ0v) is 15.7. The highest BCUT2D eigenvalue weighted by Crippen LogP contribution is 2.19. The van der Waals surface area contributed by atoms with E-state index in [1.165, 1.54) is 6.07 Å². The van der Waals surface area contributed by atoms with Crippen LogP contribution in [0.1, 0.15) is 49.5 Å². The van der Waals surface area contributed by atoms with E-state index in [0.29, 0.717) is 24.2 Å². The number of hydrogen-bond donors (Lipinski definition) is 2. The van der Waals surface area contributed by atoms with Gasteiger partial charge in [-0.3, -0.25) is 4.79 Å². The van der Waals surface area contributed by atoms with Gasteiger partial charge in [0.05, 0.1) is 11.5 Å². The van der Waals surface area contributed by atoms with E-state index in [1.54, 1.807) is 30.9 Å². The summed E-state index contributed by atoms with van der Waals surface area (Å²) in [6.07, 6.45) is 1.69. The van der Waals surface area contributed by atoms with Gasteiger partial charge in [-0.2, -0.15) is 0 Å². The number of aliphatic hydroxyl groups excluding tert-OH is 1. The van der Waals surface area contributed by atoms with Crippen molar-refractivity contribution in [2.45, 2.75) is 51.5 Å². The monoisotopic (exact) mass is 356 g/mol. The van der Waals surface area contributed by atoms with Crippen LogP contribution in [-0.4, -0.2) is 50.1 Å². The zero-order chi connectivity index (χ0) is 18.3. The minimum absolute atomic E-state index is 0.0709. The summed E-state index contributed by atoms with van der Waals surface area (Å²) < 4.78 is 27.3. The number of aryl methyl sites for hydroxylation is 1. The van der Waals surface area contributed by atoms with E-state index in [1.807, 2.05) is 13.8 Å². The van der Waals surface area contributed by atoms with Gasteiger partial charge in [0.1, 0.15) is 0 Å². The Morgan fingerprint density at radius 3 is 2.33 bits per heavy atom. The summed E-state index contributed by atoms with van der Waals surface area (Å²) in [6, 6.07) is 4.12. The molecule has 0 aromatic heterocycles. The Bertz CT molecular complexity index is 653. The molecule has 0 spiro atoms. The first-order valence-corrected chi connectivity index (χ1v) is 9.78. The van der Waals surface area contributed by atoms with Gasteiger partial charge in [-0.05, 0) is 44.4 Å². The van der Waals surface area contributed by atoms with Gasteiger partial charge in [0.2, 0.25) is 10.0 Å². The topological polar surface area (TPSA) is 86.7 Å². The number of amides is 1. The van der Waals surface area contributed by atoms with Gasteiger partial charge in [-0.15, -0.1) is 0 Å². The van der Waals surface area contributed by atoms with Crippen molar-refractivity contribution in [3.05, 3.63) is 29.3 Å². The Morgan fingerprint density at radius 1 is 1.25 bits per heavy atom. The second-order valence-electron chi connectivity index (χ2n) is 5.98. The van der Waals surface area contributed by atoms with Gasteiger partial charge in [0.15, 0.2) is 0 Å². The van der Waals surface area contributed by atoms with E-state index in [4.69, 9.17) is 5.11 Å². The predicted octanol–water partition coefficient (Wildman–Crippen LogP) is 1.92. The number of carbonyl (C=O) groups is 1. The van der Waals surface area contributed by atoms with Crippen LogP contribution < -0.4 is 4.72 Å². The normalized spacial score (nSPS) is 12.9. The Hall–Kier alpha value is -1.44. The maximum atomic E-state index is 12.7. The molecule has 0 heterocycles. The maximum Gasteiger partial charge on any atom is 0.253 e. The molecule has 0 aliphatic heterocycles. The summed E-state index contributed by atoms with van der Waals surface area (Å²) in [5, 5.41) is 9.06. The molecular weight excluding hydrogens is 328 g/mol. The third kappa shape index (κ3) is 5.29. The highest BCUT2D eigenvalue weighted by Gasteiger charge is 2.22. The molecule has 1 aromatic carbocycles. The fourth-order valence-corrected chi connectivity index (χ4v) is 3.93. The molecule has 24 heavy (non-hydrogen) atoms. The summed E-state index contributed by atoms with van der Waals surface area (Å²) in [5.74, 6) is -0.162. The number of nitrogens with one attached hydrogen (secondary N) is 1.